The summed E-state index contributed by atoms with van der Waals surface area (Å²) in [6.45, 7) is 1.77. The van der Waals surface area contributed by atoms with E-state index in [1.807, 2.05) is 0 Å². The molecule has 0 fully saturated rings. The first-order valence-corrected chi connectivity index (χ1v) is 6.66. The SMILES string of the molecule is Cc1ccsc1/C=C/C(=O)Oc1c(F)c(F)c(F)c(F)c1F. The largest absolute Gasteiger partial charge is 0.417 e. The Morgan fingerprint density at radius 3 is 2.09 bits per heavy atom. The molecule has 0 radical (unpaired) electrons. The first kappa shape index (κ1) is 16.2. The number of thiophene rings is 1. The van der Waals surface area contributed by atoms with Crippen molar-refractivity contribution >= 4 is 23.4 Å². The lowest BCUT2D eigenvalue weighted by molar-refractivity contribution is -0.129. The second kappa shape index (κ2) is 6.27. The van der Waals surface area contributed by atoms with Crippen molar-refractivity contribution in [1.29, 1.82) is 0 Å². The molecule has 0 spiro atoms. The van der Waals surface area contributed by atoms with Gasteiger partial charge in [-0.1, -0.05) is 0 Å². The van der Waals surface area contributed by atoms with E-state index in [0.717, 1.165) is 11.6 Å². The van der Waals surface area contributed by atoms with Crippen molar-refractivity contribution in [3.63, 3.8) is 0 Å². The summed E-state index contributed by atoms with van der Waals surface area (Å²) in [4.78, 5) is 12.1. The summed E-state index contributed by atoms with van der Waals surface area (Å²) in [6, 6.07) is 1.78. The molecule has 22 heavy (non-hydrogen) atoms. The van der Waals surface area contributed by atoms with Crippen molar-refractivity contribution in [3.8, 4) is 5.75 Å². The fourth-order valence-corrected chi connectivity index (χ4v) is 2.33. The third-order valence-electron chi connectivity index (χ3n) is 2.64. The molecule has 116 valence electrons. The number of rotatable bonds is 3. The van der Waals surface area contributed by atoms with Gasteiger partial charge in [0.05, 0.1) is 0 Å². The third-order valence-corrected chi connectivity index (χ3v) is 3.63. The topological polar surface area (TPSA) is 26.3 Å². The molecule has 0 saturated heterocycles. The van der Waals surface area contributed by atoms with Gasteiger partial charge in [-0.2, -0.15) is 8.78 Å². The highest BCUT2D eigenvalue weighted by Gasteiger charge is 2.28. The average Bonchev–Trinajstić information content (AvgIpc) is 2.91. The van der Waals surface area contributed by atoms with Gasteiger partial charge in [0.2, 0.25) is 34.8 Å². The molecule has 2 nitrogen and oxygen atoms in total. The fourth-order valence-electron chi connectivity index (χ4n) is 1.51. The molecule has 0 aliphatic carbocycles. The molecule has 1 aromatic heterocycles. The minimum Gasteiger partial charge on any atom is -0.417 e. The van der Waals surface area contributed by atoms with Crippen LogP contribution in [0, 0.1) is 36.0 Å². The third kappa shape index (κ3) is 3.01. The molecule has 1 aromatic carbocycles. The molecular weight excluding hydrogens is 327 g/mol. The summed E-state index contributed by atoms with van der Waals surface area (Å²) >= 11 is 1.30. The summed E-state index contributed by atoms with van der Waals surface area (Å²) in [7, 11) is 0. The van der Waals surface area contributed by atoms with E-state index in [1.54, 1.807) is 18.4 Å². The highest BCUT2D eigenvalue weighted by atomic mass is 32.1. The van der Waals surface area contributed by atoms with E-state index in [9.17, 15) is 26.7 Å². The molecule has 0 saturated carbocycles. The highest BCUT2D eigenvalue weighted by molar-refractivity contribution is 7.11. The quantitative estimate of drug-likeness (QED) is 0.208. The molecule has 8 heteroatoms. The Balaban J connectivity index is 2.26. The van der Waals surface area contributed by atoms with E-state index in [-0.39, 0.29) is 0 Å². The monoisotopic (exact) mass is 334 g/mol. The number of hydrogen-bond acceptors (Lipinski definition) is 3. The van der Waals surface area contributed by atoms with Crippen molar-refractivity contribution in [2.75, 3.05) is 0 Å². The molecule has 0 aliphatic rings. The van der Waals surface area contributed by atoms with Crippen molar-refractivity contribution in [3.05, 3.63) is 57.0 Å². The lowest BCUT2D eigenvalue weighted by atomic mass is 10.2. The number of ether oxygens (including phenoxy) is 1. The highest BCUT2D eigenvalue weighted by Crippen LogP contribution is 2.29. The number of benzene rings is 1. The van der Waals surface area contributed by atoms with Gasteiger partial charge in [0.25, 0.3) is 0 Å². The first-order chi connectivity index (χ1) is 10.3. The second-order valence-corrected chi connectivity index (χ2v) is 5.07. The molecule has 0 atom stereocenters. The first-order valence-electron chi connectivity index (χ1n) is 5.78. The van der Waals surface area contributed by atoms with E-state index in [0.29, 0.717) is 4.88 Å². The average molecular weight is 334 g/mol. The van der Waals surface area contributed by atoms with Gasteiger partial charge in [-0.25, -0.2) is 18.0 Å². The van der Waals surface area contributed by atoms with Crippen LogP contribution in [0.2, 0.25) is 0 Å². The predicted molar refractivity (Wildman–Crippen MR) is 70.0 cm³/mol. The normalized spacial score (nSPS) is 11.2. The van der Waals surface area contributed by atoms with E-state index in [1.165, 1.54) is 17.4 Å². The molecule has 0 amide bonds. The van der Waals surface area contributed by atoms with Crippen LogP contribution in [0.5, 0.6) is 5.75 Å². The molecule has 2 aromatic rings. The number of hydrogen-bond donors (Lipinski definition) is 0. The van der Waals surface area contributed by atoms with Crippen molar-refractivity contribution in [1.82, 2.24) is 0 Å². The summed E-state index contributed by atoms with van der Waals surface area (Å²) < 4.78 is 69.6. The second-order valence-electron chi connectivity index (χ2n) is 4.12. The van der Waals surface area contributed by atoms with Crippen LogP contribution in [0.4, 0.5) is 22.0 Å². The van der Waals surface area contributed by atoms with E-state index < -0.39 is 40.8 Å². The molecular formula is C14H7F5O2S. The van der Waals surface area contributed by atoms with Crippen LogP contribution >= 0.6 is 11.3 Å². The van der Waals surface area contributed by atoms with Crippen LogP contribution < -0.4 is 4.74 Å². The smallest absolute Gasteiger partial charge is 0.336 e. The van der Waals surface area contributed by atoms with E-state index >= 15 is 0 Å². The zero-order valence-corrected chi connectivity index (χ0v) is 11.7. The minimum absolute atomic E-state index is 0.689. The van der Waals surface area contributed by atoms with Gasteiger partial charge in [0.15, 0.2) is 0 Å². The summed E-state index contributed by atoms with van der Waals surface area (Å²) in [5.74, 6) is -14.0. The number of esters is 1. The maximum atomic E-state index is 13.3. The van der Waals surface area contributed by atoms with Gasteiger partial charge in [0.1, 0.15) is 0 Å². The number of aryl methyl sites for hydroxylation is 1. The molecule has 0 aliphatic heterocycles. The maximum absolute atomic E-state index is 13.3. The van der Waals surface area contributed by atoms with Crippen LogP contribution in [-0.2, 0) is 4.79 Å². The lowest BCUT2D eigenvalue weighted by Gasteiger charge is -2.07. The van der Waals surface area contributed by atoms with Gasteiger partial charge in [-0.05, 0) is 30.0 Å². The van der Waals surface area contributed by atoms with Gasteiger partial charge in [-0.15, -0.1) is 11.3 Å². The van der Waals surface area contributed by atoms with Gasteiger partial charge in [-0.3, -0.25) is 0 Å². The Morgan fingerprint density at radius 2 is 1.59 bits per heavy atom. The van der Waals surface area contributed by atoms with Crippen LogP contribution in [0.25, 0.3) is 6.08 Å². The lowest BCUT2D eigenvalue weighted by Crippen LogP contribution is -2.11. The Labute approximate surface area is 125 Å². The molecule has 0 bridgehead atoms. The zero-order chi connectivity index (χ0) is 16.4. The van der Waals surface area contributed by atoms with Crippen LogP contribution in [0.15, 0.2) is 17.5 Å². The number of halogens is 5. The van der Waals surface area contributed by atoms with Crippen LogP contribution in [0.1, 0.15) is 10.4 Å². The van der Waals surface area contributed by atoms with E-state index in [4.69, 9.17) is 0 Å². The standard InChI is InChI=1S/C14H7F5O2S/c1-6-4-5-22-7(6)2-3-8(20)21-14-12(18)10(16)9(15)11(17)13(14)19/h2-5H,1H3/b3-2+. The predicted octanol–water partition coefficient (Wildman–Crippen LogP) is 4.37. The van der Waals surface area contributed by atoms with Gasteiger partial charge < -0.3 is 4.74 Å². The van der Waals surface area contributed by atoms with Crippen molar-refractivity contribution in [2.45, 2.75) is 6.92 Å². The Bertz CT molecular complexity index is 738. The Morgan fingerprint density at radius 1 is 1.05 bits per heavy atom. The van der Waals surface area contributed by atoms with Crippen LogP contribution in [-0.4, -0.2) is 5.97 Å². The number of carbonyl (C=O) groups is 1. The Kier molecular flexibility index (Phi) is 4.60. The number of carbonyl (C=O) groups excluding carboxylic acids is 1. The fraction of sp³-hybridized carbons (Fsp3) is 0.0714. The molecule has 0 unspecified atom stereocenters. The molecule has 0 N–H and O–H groups in total. The maximum Gasteiger partial charge on any atom is 0.336 e. The zero-order valence-electron chi connectivity index (χ0n) is 10.9. The van der Waals surface area contributed by atoms with Gasteiger partial charge >= 0.3 is 5.97 Å². The minimum atomic E-state index is -2.32. The summed E-state index contributed by atoms with van der Waals surface area (Å²) in [6.07, 6.45) is 2.14. The van der Waals surface area contributed by atoms with Crippen molar-refractivity contribution < 1.29 is 31.5 Å². The molecule has 2 rings (SSSR count). The van der Waals surface area contributed by atoms with Crippen molar-refractivity contribution in [2.24, 2.45) is 0 Å². The summed E-state index contributed by atoms with van der Waals surface area (Å²) in [5, 5.41) is 1.75. The van der Waals surface area contributed by atoms with E-state index in [2.05, 4.69) is 4.74 Å². The van der Waals surface area contributed by atoms with Crippen LogP contribution in [0.3, 0.4) is 0 Å². The Hall–Kier alpha value is -2.22. The molecule has 1 heterocycles. The summed E-state index contributed by atoms with van der Waals surface area (Å²) in [5.41, 5.74) is 0.852. The van der Waals surface area contributed by atoms with Gasteiger partial charge in [0, 0.05) is 11.0 Å².